The fourth-order valence-electron chi connectivity index (χ4n) is 1.03. The summed E-state index contributed by atoms with van der Waals surface area (Å²) in [6.45, 7) is 3.64. The molecule has 1 heterocycles. The molecule has 0 aliphatic rings. The molecule has 1 aromatic heterocycles. The molecule has 0 atom stereocenters. The van der Waals surface area contributed by atoms with Gasteiger partial charge in [-0.25, -0.2) is 0 Å². The van der Waals surface area contributed by atoms with Crippen LogP contribution in [0.1, 0.15) is 30.4 Å². The van der Waals surface area contributed by atoms with Gasteiger partial charge in [-0.05, 0) is 23.8 Å². The summed E-state index contributed by atoms with van der Waals surface area (Å²) in [5.41, 5.74) is 0.0139. The minimum absolute atomic E-state index is 0.0126. The van der Waals surface area contributed by atoms with Crippen LogP contribution in [-0.2, 0) is 0 Å². The first kappa shape index (κ1) is 9.37. The molecule has 6 heteroatoms. The van der Waals surface area contributed by atoms with Crippen molar-refractivity contribution in [2.45, 2.75) is 19.9 Å². The largest absolute Gasteiger partial charge is 0.392 e. The predicted octanol–water partition coefficient (Wildman–Crippen LogP) is 1.18. The van der Waals surface area contributed by atoms with E-state index < -0.39 is 4.92 Å². The first-order valence-electron chi connectivity index (χ1n) is 3.74. The van der Waals surface area contributed by atoms with Crippen LogP contribution < -0.4 is 0 Å². The molecule has 70 valence electrons. The third kappa shape index (κ3) is 1.56. The maximum Gasteiger partial charge on any atom is 0.392 e. The highest BCUT2D eigenvalue weighted by Crippen LogP contribution is 2.17. The van der Waals surface area contributed by atoms with Crippen LogP contribution in [0.4, 0.5) is 5.82 Å². The molecular weight excluding hydrogens is 174 g/mol. The second-order valence-corrected chi connectivity index (χ2v) is 2.83. The molecule has 0 aliphatic carbocycles. The SMILES string of the molecule is CC(C)n1cnc([N+](=O)[O-])c1C=O. The van der Waals surface area contributed by atoms with Gasteiger partial charge in [-0.3, -0.25) is 9.36 Å². The number of carbonyl (C=O) groups excluding carboxylic acids is 1. The van der Waals surface area contributed by atoms with Crippen molar-refractivity contribution in [3.05, 3.63) is 22.1 Å². The third-order valence-corrected chi connectivity index (χ3v) is 1.65. The third-order valence-electron chi connectivity index (χ3n) is 1.65. The zero-order valence-corrected chi connectivity index (χ0v) is 7.30. The Hall–Kier alpha value is -1.72. The second kappa shape index (κ2) is 3.34. The number of hydrogen-bond acceptors (Lipinski definition) is 4. The quantitative estimate of drug-likeness (QED) is 0.400. The minimum Gasteiger partial charge on any atom is -0.358 e. The molecule has 0 spiro atoms. The Morgan fingerprint density at radius 3 is 2.69 bits per heavy atom. The molecule has 0 N–H and O–H groups in total. The van der Waals surface area contributed by atoms with Crippen LogP contribution >= 0.6 is 0 Å². The molecule has 13 heavy (non-hydrogen) atoms. The standard InChI is InChI=1S/C7H9N3O3/c1-5(2)9-4-8-7(10(12)13)6(9)3-11/h3-5H,1-2H3. The number of nitrogens with zero attached hydrogens (tertiary/aromatic N) is 3. The lowest BCUT2D eigenvalue weighted by molar-refractivity contribution is -0.389. The topological polar surface area (TPSA) is 78.0 Å². The number of aldehydes is 1. The smallest absolute Gasteiger partial charge is 0.358 e. The summed E-state index contributed by atoms with van der Waals surface area (Å²) in [6, 6.07) is -0.0126. The monoisotopic (exact) mass is 183 g/mol. The van der Waals surface area contributed by atoms with E-state index in [9.17, 15) is 14.9 Å². The Bertz CT molecular complexity index is 343. The summed E-state index contributed by atoms with van der Waals surface area (Å²) in [7, 11) is 0. The molecule has 0 aromatic carbocycles. The molecule has 0 bridgehead atoms. The zero-order chi connectivity index (χ0) is 10.0. The molecule has 0 saturated heterocycles. The molecule has 0 fully saturated rings. The van der Waals surface area contributed by atoms with Gasteiger partial charge in [0.25, 0.3) is 0 Å². The molecular formula is C7H9N3O3. The van der Waals surface area contributed by atoms with Gasteiger partial charge in [-0.2, -0.15) is 0 Å². The van der Waals surface area contributed by atoms with Crippen molar-refractivity contribution in [2.24, 2.45) is 0 Å². The van der Waals surface area contributed by atoms with E-state index in [0.717, 1.165) is 0 Å². The number of nitro groups is 1. The molecule has 0 unspecified atom stereocenters. The van der Waals surface area contributed by atoms with Crippen molar-refractivity contribution < 1.29 is 9.72 Å². The normalized spacial score (nSPS) is 10.4. The fraction of sp³-hybridized carbons (Fsp3) is 0.429. The first-order valence-corrected chi connectivity index (χ1v) is 3.74. The Morgan fingerprint density at radius 1 is 1.69 bits per heavy atom. The van der Waals surface area contributed by atoms with Gasteiger partial charge in [0.1, 0.15) is 0 Å². The highest BCUT2D eigenvalue weighted by Gasteiger charge is 2.21. The number of carbonyl (C=O) groups is 1. The van der Waals surface area contributed by atoms with E-state index >= 15 is 0 Å². The van der Waals surface area contributed by atoms with Gasteiger partial charge in [0.15, 0.2) is 12.0 Å². The van der Waals surface area contributed by atoms with E-state index in [1.807, 2.05) is 13.8 Å². The van der Waals surface area contributed by atoms with Crippen LogP contribution in [0, 0.1) is 10.1 Å². The van der Waals surface area contributed by atoms with Gasteiger partial charge in [0.05, 0.1) is 0 Å². The van der Waals surface area contributed by atoms with Crippen molar-refractivity contribution >= 4 is 12.1 Å². The van der Waals surface area contributed by atoms with Gasteiger partial charge < -0.3 is 10.1 Å². The number of rotatable bonds is 3. The molecule has 0 amide bonds. The van der Waals surface area contributed by atoms with Crippen LogP contribution in [0.5, 0.6) is 0 Å². The van der Waals surface area contributed by atoms with E-state index in [1.54, 1.807) is 0 Å². The number of imidazole rings is 1. The average molecular weight is 183 g/mol. The van der Waals surface area contributed by atoms with E-state index in [-0.39, 0.29) is 17.6 Å². The van der Waals surface area contributed by atoms with Gasteiger partial charge >= 0.3 is 5.82 Å². The van der Waals surface area contributed by atoms with E-state index in [1.165, 1.54) is 10.9 Å². The Morgan fingerprint density at radius 2 is 2.31 bits per heavy atom. The number of aromatic nitrogens is 2. The van der Waals surface area contributed by atoms with Gasteiger partial charge in [0.2, 0.25) is 6.33 Å². The lowest BCUT2D eigenvalue weighted by Gasteiger charge is -2.04. The van der Waals surface area contributed by atoms with Crippen LogP contribution in [0.25, 0.3) is 0 Å². The lowest BCUT2D eigenvalue weighted by atomic mass is 10.3. The average Bonchev–Trinajstić information content (AvgIpc) is 2.46. The fourth-order valence-corrected chi connectivity index (χ4v) is 1.03. The predicted molar refractivity (Wildman–Crippen MR) is 44.7 cm³/mol. The molecule has 0 saturated carbocycles. The molecule has 6 nitrogen and oxygen atoms in total. The first-order chi connectivity index (χ1) is 6.07. The van der Waals surface area contributed by atoms with E-state index in [4.69, 9.17) is 0 Å². The van der Waals surface area contributed by atoms with Crippen LogP contribution in [0.2, 0.25) is 0 Å². The lowest BCUT2D eigenvalue weighted by Crippen LogP contribution is -2.04. The highest BCUT2D eigenvalue weighted by atomic mass is 16.6. The van der Waals surface area contributed by atoms with E-state index in [0.29, 0.717) is 6.29 Å². The van der Waals surface area contributed by atoms with Gasteiger partial charge in [-0.1, -0.05) is 0 Å². The molecule has 0 aliphatic heterocycles. The summed E-state index contributed by atoms with van der Waals surface area (Å²) in [5.74, 6) is -0.385. The summed E-state index contributed by atoms with van der Waals surface area (Å²) >= 11 is 0. The Balaban J connectivity index is 3.26. The van der Waals surface area contributed by atoms with Crippen molar-refractivity contribution in [3.8, 4) is 0 Å². The van der Waals surface area contributed by atoms with Crippen LogP contribution in [0.15, 0.2) is 6.33 Å². The number of hydrogen-bond donors (Lipinski definition) is 0. The highest BCUT2D eigenvalue weighted by molar-refractivity contribution is 5.77. The Kier molecular flexibility index (Phi) is 2.41. The van der Waals surface area contributed by atoms with Gasteiger partial charge in [-0.15, -0.1) is 0 Å². The van der Waals surface area contributed by atoms with Crippen LogP contribution in [-0.4, -0.2) is 20.8 Å². The maximum absolute atomic E-state index is 10.6. The summed E-state index contributed by atoms with van der Waals surface area (Å²) < 4.78 is 1.46. The summed E-state index contributed by atoms with van der Waals surface area (Å²) in [5, 5.41) is 10.4. The summed E-state index contributed by atoms with van der Waals surface area (Å²) in [4.78, 5) is 23.8. The van der Waals surface area contributed by atoms with Crippen LogP contribution in [0.3, 0.4) is 0 Å². The second-order valence-electron chi connectivity index (χ2n) is 2.83. The van der Waals surface area contributed by atoms with Crippen molar-refractivity contribution in [2.75, 3.05) is 0 Å². The van der Waals surface area contributed by atoms with Crippen molar-refractivity contribution in [1.82, 2.24) is 9.55 Å². The van der Waals surface area contributed by atoms with Crippen molar-refractivity contribution in [3.63, 3.8) is 0 Å². The van der Waals surface area contributed by atoms with Gasteiger partial charge in [0, 0.05) is 6.04 Å². The van der Waals surface area contributed by atoms with Crippen molar-refractivity contribution in [1.29, 1.82) is 0 Å². The molecule has 1 aromatic rings. The molecule has 0 radical (unpaired) electrons. The minimum atomic E-state index is -0.664. The summed E-state index contributed by atoms with van der Waals surface area (Å²) in [6.07, 6.45) is 1.75. The zero-order valence-electron chi connectivity index (χ0n) is 7.30. The Labute approximate surface area is 74.3 Å². The maximum atomic E-state index is 10.6. The molecule has 1 rings (SSSR count). The van der Waals surface area contributed by atoms with E-state index in [2.05, 4.69) is 4.98 Å².